The molecular weight excluding hydrogens is 381 g/mol. The zero-order chi connectivity index (χ0) is 19.0. The van der Waals surface area contributed by atoms with Crippen molar-refractivity contribution in [2.24, 2.45) is 23.5 Å². The third-order valence-corrected chi connectivity index (χ3v) is 5.76. The van der Waals surface area contributed by atoms with E-state index in [-0.39, 0.29) is 36.2 Å². The van der Waals surface area contributed by atoms with Crippen molar-refractivity contribution in [1.82, 2.24) is 0 Å². The number of anilines is 2. The number of halogens is 2. The maximum Gasteiger partial charge on any atom is 0.255 e. The molecule has 0 heterocycles. The summed E-state index contributed by atoms with van der Waals surface area (Å²) in [6.07, 6.45) is 3.22. The largest absolute Gasteiger partial charge is 0.327 e. The summed E-state index contributed by atoms with van der Waals surface area (Å²) in [5.41, 5.74) is 7.56. The molecular formula is C21H23ClFN3O2. The molecule has 2 saturated carbocycles. The molecule has 28 heavy (non-hydrogen) atoms. The van der Waals surface area contributed by atoms with Crippen LogP contribution in [0.2, 0.25) is 0 Å². The second-order valence-corrected chi connectivity index (χ2v) is 7.47. The third kappa shape index (κ3) is 4.03. The fourth-order valence-corrected chi connectivity index (χ4v) is 4.46. The van der Waals surface area contributed by atoms with Crippen LogP contribution in [-0.2, 0) is 4.79 Å². The van der Waals surface area contributed by atoms with E-state index in [1.54, 1.807) is 30.3 Å². The smallest absolute Gasteiger partial charge is 0.255 e. The van der Waals surface area contributed by atoms with Gasteiger partial charge in [-0.05, 0) is 67.5 Å². The van der Waals surface area contributed by atoms with Crippen LogP contribution in [0.25, 0.3) is 0 Å². The van der Waals surface area contributed by atoms with Crippen LogP contribution in [0.1, 0.15) is 29.6 Å². The highest BCUT2D eigenvalue weighted by Crippen LogP contribution is 2.47. The van der Waals surface area contributed by atoms with Gasteiger partial charge in [0.1, 0.15) is 5.82 Å². The third-order valence-electron chi connectivity index (χ3n) is 5.76. The molecule has 2 bridgehead atoms. The van der Waals surface area contributed by atoms with E-state index in [9.17, 15) is 14.0 Å². The number of fused-ring (bicyclic) bond motifs is 2. The first kappa shape index (κ1) is 20.3. The van der Waals surface area contributed by atoms with Crippen LogP contribution in [0, 0.1) is 23.6 Å². The molecule has 4 atom stereocenters. The highest BCUT2D eigenvalue weighted by molar-refractivity contribution is 6.05. The first-order valence-electron chi connectivity index (χ1n) is 9.24. The van der Waals surface area contributed by atoms with Gasteiger partial charge in [0, 0.05) is 23.0 Å². The van der Waals surface area contributed by atoms with Crippen molar-refractivity contribution in [3.05, 3.63) is 59.9 Å². The van der Waals surface area contributed by atoms with E-state index in [1.165, 1.54) is 18.2 Å². The summed E-state index contributed by atoms with van der Waals surface area (Å²) in [4.78, 5) is 25.1. The van der Waals surface area contributed by atoms with E-state index in [4.69, 9.17) is 5.73 Å². The van der Waals surface area contributed by atoms with E-state index in [1.807, 2.05) is 0 Å². The Morgan fingerprint density at radius 3 is 2.32 bits per heavy atom. The average Bonchev–Trinajstić information content (AvgIpc) is 3.23. The Bertz CT molecular complexity index is 889. The second kappa shape index (κ2) is 8.29. The van der Waals surface area contributed by atoms with Gasteiger partial charge in [-0.2, -0.15) is 0 Å². The topological polar surface area (TPSA) is 84.2 Å². The monoisotopic (exact) mass is 403 g/mol. The number of hydrogen-bond donors (Lipinski definition) is 3. The molecule has 148 valence electrons. The Kier molecular flexibility index (Phi) is 6.01. The van der Waals surface area contributed by atoms with Crippen molar-refractivity contribution in [3.63, 3.8) is 0 Å². The van der Waals surface area contributed by atoms with Gasteiger partial charge in [-0.3, -0.25) is 9.59 Å². The summed E-state index contributed by atoms with van der Waals surface area (Å²) in [6, 6.07) is 12.3. The van der Waals surface area contributed by atoms with Crippen LogP contribution >= 0.6 is 12.4 Å². The van der Waals surface area contributed by atoms with Gasteiger partial charge in [-0.15, -0.1) is 12.4 Å². The van der Waals surface area contributed by atoms with E-state index in [2.05, 4.69) is 10.6 Å². The van der Waals surface area contributed by atoms with Crippen molar-refractivity contribution in [3.8, 4) is 0 Å². The molecule has 0 spiro atoms. The minimum Gasteiger partial charge on any atom is -0.327 e. The van der Waals surface area contributed by atoms with Gasteiger partial charge in [0.25, 0.3) is 5.91 Å². The van der Waals surface area contributed by atoms with Crippen LogP contribution in [-0.4, -0.2) is 17.9 Å². The van der Waals surface area contributed by atoms with Crippen molar-refractivity contribution < 1.29 is 14.0 Å². The lowest BCUT2D eigenvalue weighted by molar-refractivity contribution is -0.121. The number of nitrogens with two attached hydrogens (primary N) is 1. The van der Waals surface area contributed by atoms with Crippen LogP contribution < -0.4 is 16.4 Å². The van der Waals surface area contributed by atoms with Crippen molar-refractivity contribution in [1.29, 1.82) is 0 Å². The maximum absolute atomic E-state index is 13.3. The normalized spacial score (nSPS) is 25.1. The lowest BCUT2D eigenvalue weighted by Crippen LogP contribution is -2.42. The van der Waals surface area contributed by atoms with Crippen LogP contribution in [0.4, 0.5) is 15.8 Å². The first-order valence-corrected chi connectivity index (χ1v) is 9.24. The number of benzene rings is 2. The van der Waals surface area contributed by atoms with Gasteiger partial charge in [-0.25, -0.2) is 4.39 Å². The number of nitrogens with one attached hydrogen (secondary N) is 2. The molecule has 7 heteroatoms. The lowest BCUT2D eigenvalue weighted by atomic mass is 9.84. The first-order chi connectivity index (χ1) is 13.0. The summed E-state index contributed by atoms with van der Waals surface area (Å²) in [5, 5.41) is 5.56. The quantitative estimate of drug-likeness (QED) is 0.725. The molecule has 2 aliphatic carbocycles. The summed E-state index contributed by atoms with van der Waals surface area (Å²) in [5.74, 6) is -0.200. The standard InChI is InChI=1S/C21H22FN3O2.ClH/c22-15-4-2-6-17(11-15)24-20(26)14-3-1-5-16(10-14)25-21(27)18-12-7-8-13(9-12)19(18)23;/h1-6,10-13,18-19H,7-9,23H2,(H,24,26)(H,25,27);1H. The fraction of sp³-hybridized carbons (Fsp3) is 0.333. The number of amides is 2. The van der Waals surface area contributed by atoms with Gasteiger partial charge in [0.2, 0.25) is 5.91 Å². The van der Waals surface area contributed by atoms with Gasteiger partial charge < -0.3 is 16.4 Å². The Labute approximate surface area is 169 Å². The Balaban J connectivity index is 0.00000225. The molecule has 2 fully saturated rings. The highest BCUT2D eigenvalue weighted by atomic mass is 35.5. The van der Waals surface area contributed by atoms with Crippen molar-refractivity contribution in [2.75, 3.05) is 10.6 Å². The number of hydrogen-bond acceptors (Lipinski definition) is 3. The van der Waals surface area contributed by atoms with Gasteiger partial charge in [0.05, 0.1) is 5.92 Å². The Morgan fingerprint density at radius 1 is 0.964 bits per heavy atom. The predicted molar refractivity (Wildman–Crippen MR) is 109 cm³/mol. The number of rotatable bonds is 4. The molecule has 2 aliphatic rings. The van der Waals surface area contributed by atoms with Crippen LogP contribution in [0.3, 0.4) is 0 Å². The summed E-state index contributed by atoms with van der Waals surface area (Å²) < 4.78 is 13.3. The van der Waals surface area contributed by atoms with Gasteiger partial charge in [0.15, 0.2) is 0 Å². The van der Waals surface area contributed by atoms with Gasteiger partial charge >= 0.3 is 0 Å². The molecule has 0 aliphatic heterocycles. The predicted octanol–water partition coefficient (Wildman–Crippen LogP) is 3.81. The minimum atomic E-state index is -0.420. The summed E-state index contributed by atoms with van der Waals surface area (Å²) >= 11 is 0. The molecule has 4 N–H and O–H groups in total. The van der Waals surface area contributed by atoms with E-state index in [0.29, 0.717) is 28.8 Å². The molecule has 0 radical (unpaired) electrons. The zero-order valence-corrected chi connectivity index (χ0v) is 16.0. The number of carbonyl (C=O) groups is 2. The molecule has 0 saturated heterocycles. The fourth-order valence-electron chi connectivity index (χ4n) is 4.46. The maximum atomic E-state index is 13.3. The molecule has 2 aromatic carbocycles. The lowest BCUT2D eigenvalue weighted by Gasteiger charge is -2.27. The Morgan fingerprint density at radius 2 is 1.64 bits per heavy atom. The zero-order valence-electron chi connectivity index (χ0n) is 15.2. The SMILES string of the molecule is Cl.NC1C2CCC(C2)C1C(=O)Nc1cccc(C(=O)Nc2cccc(F)c2)c1. The average molecular weight is 404 g/mol. The molecule has 2 amide bonds. The van der Waals surface area contributed by atoms with Crippen molar-refractivity contribution >= 4 is 35.6 Å². The van der Waals surface area contributed by atoms with E-state index < -0.39 is 5.82 Å². The molecule has 2 aromatic rings. The van der Waals surface area contributed by atoms with Crippen LogP contribution in [0.5, 0.6) is 0 Å². The van der Waals surface area contributed by atoms with Crippen LogP contribution in [0.15, 0.2) is 48.5 Å². The highest BCUT2D eigenvalue weighted by Gasteiger charge is 2.49. The summed E-state index contributed by atoms with van der Waals surface area (Å²) in [7, 11) is 0. The molecule has 4 unspecified atom stereocenters. The number of carbonyl (C=O) groups excluding carboxylic acids is 2. The second-order valence-electron chi connectivity index (χ2n) is 7.47. The molecule has 4 rings (SSSR count). The van der Waals surface area contributed by atoms with E-state index >= 15 is 0 Å². The minimum absolute atomic E-state index is 0. The van der Waals surface area contributed by atoms with Crippen molar-refractivity contribution in [2.45, 2.75) is 25.3 Å². The molecule has 5 nitrogen and oxygen atoms in total. The van der Waals surface area contributed by atoms with Gasteiger partial charge in [-0.1, -0.05) is 12.1 Å². The molecule has 0 aromatic heterocycles. The Hall–Kier alpha value is -2.44. The summed E-state index contributed by atoms with van der Waals surface area (Å²) in [6.45, 7) is 0. The van der Waals surface area contributed by atoms with E-state index in [0.717, 1.165) is 19.3 Å².